The van der Waals surface area contributed by atoms with Crippen LogP contribution < -0.4 is 10.6 Å². The Hall–Kier alpha value is -3.24. The van der Waals surface area contributed by atoms with Gasteiger partial charge in [0.15, 0.2) is 11.6 Å². The summed E-state index contributed by atoms with van der Waals surface area (Å²) in [5.41, 5.74) is 10.2. The molecular formula is C22H25N7. The average molecular weight is 387 g/mol. The first kappa shape index (κ1) is 19.1. The van der Waals surface area contributed by atoms with Crippen molar-refractivity contribution in [3.8, 4) is 17.5 Å². The van der Waals surface area contributed by atoms with Crippen molar-refractivity contribution in [2.45, 2.75) is 32.2 Å². The SMILES string of the molecule is Cn1nc(N2CCCCC2)cc1Cc1cc(C#N)ccc1-c1ncc(CN)cn1. The quantitative estimate of drug-likeness (QED) is 0.723. The molecule has 3 aromatic rings. The number of nitrogens with two attached hydrogens (primary N) is 1. The predicted molar refractivity (Wildman–Crippen MR) is 112 cm³/mol. The van der Waals surface area contributed by atoms with Gasteiger partial charge in [0.1, 0.15) is 0 Å². The number of nitrogens with zero attached hydrogens (tertiary/aromatic N) is 6. The van der Waals surface area contributed by atoms with Gasteiger partial charge < -0.3 is 10.6 Å². The van der Waals surface area contributed by atoms with E-state index in [0.717, 1.165) is 41.3 Å². The van der Waals surface area contributed by atoms with Crippen LogP contribution in [0, 0.1) is 11.3 Å². The Labute approximate surface area is 170 Å². The molecular weight excluding hydrogens is 362 g/mol. The first-order valence-corrected chi connectivity index (χ1v) is 10.00. The zero-order chi connectivity index (χ0) is 20.2. The van der Waals surface area contributed by atoms with E-state index in [4.69, 9.17) is 10.8 Å². The fourth-order valence-corrected chi connectivity index (χ4v) is 3.75. The molecule has 0 bridgehead atoms. The molecule has 1 fully saturated rings. The van der Waals surface area contributed by atoms with Gasteiger partial charge in [-0.1, -0.05) is 0 Å². The number of hydrogen-bond donors (Lipinski definition) is 1. The van der Waals surface area contributed by atoms with Crippen LogP contribution in [0.5, 0.6) is 0 Å². The lowest BCUT2D eigenvalue weighted by Gasteiger charge is -2.26. The van der Waals surface area contributed by atoms with Crippen molar-refractivity contribution in [2.75, 3.05) is 18.0 Å². The lowest BCUT2D eigenvalue weighted by molar-refractivity contribution is 0.569. The number of benzene rings is 1. The van der Waals surface area contributed by atoms with E-state index in [2.05, 4.69) is 27.0 Å². The topological polar surface area (TPSA) is 96.7 Å². The molecule has 29 heavy (non-hydrogen) atoms. The molecule has 0 saturated carbocycles. The third-order valence-electron chi connectivity index (χ3n) is 5.43. The second kappa shape index (κ2) is 8.41. The third kappa shape index (κ3) is 4.13. The van der Waals surface area contributed by atoms with Gasteiger partial charge in [-0.25, -0.2) is 9.97 Å². The molecule has 7 nitrogen and oxygen atoms in total. The predicted octanol–water partition coefficient (Wildman–Crippen LogP) is 2.79. The summed E-state index contributed by atoms with van der Waals surface area (Å²) in [6.45, 7) is 2.54. The Kier molecular flexibility index (Phi) is 5.54. The van der Waals surface area contributed by atoms with Crippen LogP contribution in [0.2, 0.25) is 0 Å². The Morgan fingerprint density at radius 2 is 1.86 bits per heavy atom. The fraction of sp³-hybridized carbons (Fsp3) is 0.364. The van der Waals surface area contributed by atoms with Gasteiger partial charge in [-0.2, -0.15) is 10.4 Å². The number of nitriles is 1. The van der Waals surface area contributed by atoms with E-state index >= 15 is 0 Å². The van der Waals surface area contributed by atoms with Crippen molar-refractivity contribution in [3.63, 3.8) is 0 Å². The highest BCUT2D eigenvalue weighted by molar-refractivity contribution is 5.63. The molecule has 0 amide bonds. The van der Waals surface area contributed by atoms with E-state index in [1.54, 1.807) is 18.5 Å². The van der Waals surface area contributed by atoms with E-state index in [0.29, 0.717) is 24.4 Å². The van der Waals surface area contributed by atoms with E-state index in [9.17, 15) is 5.26 Å². The minimum Gasteiger partial charge on any atom is -0.355 e. The Bertz CT molecular complexity index is 1020. The maximum Gasteiger partial charge on any atom is 0.159 e. The number of rotatable bonds is 5. The van der Waals surface area contributed by atoms with Gasteiger partial charge in [0, 0.05) is 68.4 Å². The van der Waals surface area contributed by atoms with Gasteiger partial charge in [0.25, 0.3) is 0 Å². The molecule has 7 heteroatoms. The van der Waals surface area contributed by atoms with Gasteiger partial charge >= 0.3 is 0 Å². The summed E-state index contributed by atoms with van der Waals surface area (Å²) >= 11 is 0. The van der Waals surface area contributed by atoms with Crippen LogP contribution in [-0.4, -0.2) is 32.8 Å². The molecule has 0 aliphatic carbocycles. The summed E-state index contributed by atoms with van der Waals surface area (Å²) in [6.07, 6.45) is 7.89. The largest absolute Gasteiger partial charge is 0.355 e. The molecule has 0 spiro atoms. The van der Waals surface area contributed by atoms with E-state index < -0.39 is 0 Å². The second-order valence-corrected chi connectivity index (χ2v) is 7.44. The molecule has 3 heterocycles. The van der Waals surface area contributed by atoms with Crippen LogP contribution in [0.1, 0.15) is 41.6 Å². The lowest BCUT2D eigenvalue weighted by atomic mass is 9.99. The summed E-state index contributed by atoms with van der Waals surface area (Å²) in [4.78, 5) is 11.3. The number of hydrogen-bond acceptors (Lipinski definition) is 6. The number of aryl methyl sites for hydroxylation is 1. The molecule has 2 N–H and O–H groups in total. The molecule has 1 saturated heterocycles. The number of aromatic nitrogens is 4. The highest BCUT2D eigenvalue weighted by Gasteiger charge is 2.17. The minimum absolute atomic E-state index is 0.412. The average Bonchev–Trinajstić information content (AvgIpc) is 3.14. The van der Waals surface area contributed by atoms with Crippen LogP contribution in [0.25, 0.3) is 11.4 Å². The summed E-state index contributed by atoms with van der Waals surface area (Å²) in [5.74, 6) is 1.67. The minimum atomic E-state index is 0.412. The highest BCUT2D eigenvalue weighted by Crippen LogP contribution is 2.26. The van der Waals surface area contributed by atoms with Gasteiger partial charge in [0.2, 0.25) is 0 Å². The van der Waals surface area contributed by atoms with E-state index in [1.165, 1.54) is 19.3 Å². The fourth-order valence-electron chi connectivity index (χ4n) is 3.75. The lowest BCUT2D eigenvalue weighted by Crippen LogP contribution is -2.29. The smallest absolute Gasteiger partial charge is 0.159 e. The first-order valence-electron chi connectivity index (χ1n) is 10.00. The monoisotopic (exact) mass is 387 g/mol. The van der Waals surface area contributed by atoms with Gasteiger partial charge in [0.05, 0.1) is 11.6 Å². The van der Waals surface area contributed by atoms with Crippen LogP contribution >= 0.6 is 0 Å². The zero-order valence-electron chi connectivity index (χ0n) is 16.7. The molecule has 0 unspecified atom stereocenters. The summed E-state index contributed by atoms with van der Waals surface area (Å²) < 4.78 is 1.94. The first-order chi connectivity index (χ1) is 14.2. The van der Waals surface area contributed by atoms with Crippen LogP contribution in [-0.2, 0) is 20.0 Å². The summed E-state index contributed by atoms with van der Waals surface area (Å²) in [6, 6.07) is 10.0. The van der Waals surface area contributed by atoms with Crippen LogP contribution in [0.15, 0.2) is 36.7 Å². The molecule has 0 radical (unpaired) electrons. The van der Waals surface area contributed by atoms with Crippen molar-refractivity contribution in [2.24, 2.45) is 12.8 Å². The van der Waals surface area contributed by atoms with E-state index in [1.807, 2.05) is 23.9 Å². The highest BCUT2D eigenvalue weighted by atomic mass is 15.3. The number of anilines is 1. The normalized spacial score (nSPS) is 14.0. The molecule has 1 aliphatic heterocycles. The molecule has 1 aliphatic rings. The van der Waals surface area contributed by atoms with Crippen molar-refractivity contribution in [1.82, 2.24) is 19.7 Å². The maximum absolute atomic E-state index is 9.37. The van der Waals surface area contributed by atoms with Crippen molar-refractivity contribution < 1.29 is 0 Å². The summed E-state index contributed by atoms with van der Waals surface area (Å²) in [7, 11) is 1.98. The standard InChI is InChI=1S/C22H25N7/c1-28-19(11-21(27-28)29-7-3-2-4-8-29)10-18-9-16(12-23)5-6-20(18)22-25-14-17(13-24)15-26-22/h5-6,9,11,14-15H,2-4,7-8,10,13,24H2,1H3. The van der Waals surface area contributed by atoms with E-state index in [-0.39, 0.29) is 0 Å². The summed E-state index contributed by atoms with van der Waals surface area (Å²) in [5, 5.41) is 14.1. The van der Waals surface area contributed by atoms with Crippen molar-refractivity contribution in [1.29, 1.82) is 5.26 Å². The van der Waals surface area contributed by atoms with Gasteiger partial charge in [-0.05, 0) is 43.0 Å². The van der Waals surface area contributed by atoms with Crippen molar-refractivity contribution in [3.05, 3.63) is 59.0 Å². The second-order valence-electron chi connectivity index (χ2n) is 7.44. The molecule has 4 rings (SSSR count). The third-order valence-corrected chi connectivity index (χ3v) is 5.43. The maximum atomic E-state index is 9.37. The molecule has 2 aromatic heterocycles. The van der Waals surface area contributed by atoms with Gasteiger partial charge in [-0.15, -0.1) is 0 Å². The molecule has 1 aromatic carbocycles. The zero-order valence-corrected chi connectivity index (χ0v) is 16.7. The Morgan fingerprint density at radius 1 is 1.10 bits per heavy atom. The Balaban J connectivity index is 1.67. The molecule has 0 atom stereocenters. The molecule has 148 valence electrons. The number of piperidine rings is 1. The van der Waals surface area contributed by atoms with Crippen LogP contribution in [0.4, 0.5) is 5.82 Å². The van der Waals surface area contributed by atoms with Crippen molar-refractivity contribution >= 4 is 5.82 Å². The Morgan fingerprint density at radius 3 is 2.55 bits per heavy atom. The van der Waals surface area contributed by atoms with Crippen LogP contribution in [0.3, 0.4) is 0 Å². The van der Waals surface area contributed by atoms with Gasteiger partial charge in [-0.3, -0.25) is 4.68 Å².